The van der Waals surface area contributed by atoms with Crippen molar-refractivity contribution < 1.29 is 22.9 Å². The van der Waals surface area contributed by atoms with Crippen molar-refractivity contribution >= 4 is 21.6 Å². The van der Waals surface area contributed by atoms with E-state index in [0.717, 1.165) is 12.1 Å². The van der Waals surface area contributed by atoms with Crippen molar-refractivity contribution in [1.29, 1.82) is 0 Å². The first-order chi connectivity index (χ1) is 11.4. The van der Waals surface area contributed by atoms with Crippen LogP contribution in [0.1, 0.15) is 6.42 Å². The van der Waals surface area contributed by atoms with Gasteiger partial charge in [-0.1, -0.05) is 0 Å². The van der Waals surface area contributed by atoms with E-state index in [9.17, 15) is 23.3 Å². The molecule has 1 amide bonds. The van der Waals surface area contributed by atoms with Gasteiger partial charge in [0.2, 0.25) is 15.9 Å². The lowest BCUT2D eigenvalue weighted by Crippen LogP contribution is -2.50. The van der Waals surface area contributed by atoms with Gasteiger partial charge in [-0.05, 0) is 12.1 Å². The number of benzene rings is 1. The van der Waals surface area contributed by atoms with Crippen molar-refractivity contribution in [2.75, 3.05) is 39.9 Å². The quantitative estimate of drug-likeness (QED) is 0.540. The van der Waals surface area contributed by atoms with Crippen molar-refractivity contribution in [3.05, 3.63) is 34.4 Å². The third-order valence-corrected chi connectivity index (χ3v) is 5.71. The normalized spacial score (nSPS) is 16.1. The first kappa shape index (κ1) is 18.3. The molecule has 0 saturated carbocycles. The van der Waals surface area contributed by atoms with Crippen LogP contribution in [0.5, 0.6) is 0 Å². The van der Waals surface area contributed by atoms with E-state index in [0.29, 0.717) is 19.7 Å². The number of carbonyl (C=O) groups excluding carboxylic acids is 1. The van der Waals surface area contributed by atoms with E-state index in [1.165, 1.54) is 23.5 Å². The zero-order valence-corrected chi connectivity index (χ0v) is 14.1. The van der Waals surface area contributed by atoms with Crippen LogP contribution >= 0.6 is 0 Å². The van der Waals surface area contributed by atoms with Crippen LogP contribution in [0.3, 0.4) is 0 Å². The molecule has 10 heteroatoms. The molecule has 0 aromatic heterocycles. The van der Waals surface area contributed by atoms with Gasteiger partial charge in [-0.15, -0.1) is 0 Å². The van der Waals surface area contributed by atoms with Gasteiger partial charge in [0, 0.05) is 45.4 Å². The molecular weight excluding hydrogens is 338 g/mol. The summed E-state index contributed by atoms with van der Waals surface area (Å²) in [5.41, 5.74) is -0.164. The van der Waals surface area contributed by atoms with Crippen LogP contribution in [-0.4, -0.2) is 68.3 Å². The average molecular weight is 357 g/mol. The van der Waals surface area contributed by atoms with Gasteiger partial charge in [0.25, 0.3) is 5.69 Å². The highest BCUT2D eigenvalue weighted by atomic mass is 32.2. The zero-order chi connectivity index (χ0) is 17.7. The molecule has 1 aromatic carbocycles. The minimum absolute atomic E-state index is 0.00672. The van der Waals surface area contributed by atoms with E-state index in [1.54, 1.807) is 4.90 Å². The Labute approximate surface area is 140 Å². The monoisotopic (exact) mass is 357 g/mol. The summed E-state index contributed by atoms with van der Waals surface area (Å²) in [5, 5.41) is 10.6. The Hall–Kier alpha value is -2.04. The van der Waals surface area contributed by atoms with E-state index in [2.05, 4.69) is 0 Å². The molecule has 0 N–H and O–H groups in total. The van der Waals surface area contributed by atoms with Crippen molar-refractivity contribution in [3.63, 3.8) is 0 Å². The van der Waals surface area contributed by atoms with E-state index >= 15 is 0 Å². The predicted molar refractivity (Wildman–Crippen MR) is 84.9 cm³/mol. The molecule has 1 aliphatic rings. The number of hydrogen-bond donors (Lipinski definition) is 0. The lowest BCUT2D eigenvalue weighted by molar-refractivity contribution is -0.384. The first-order valence-electron chi connectivity index (χ1n) is 7.37. The molecule has 1 aliphatic heterocycles. The molecule has 1 fully saturated rings. The number of methoxy groups -OCH3 is 1. The Kier molecular flexibility index (Phi) is 5.86. The second-order valence-electron chi connectivity index (χ2n) is 5.28. The molecule has 0 unspecified atom stereocenters. The summed E-state index contributed by atoms with van der Waals surface area (Å²) in [5.74, 6) is -0.0655. The summed E-state index contributed by atoms with van der Waals surface area (Å²) in [6.45, 7) is 1.35. The molecule has 0 radical (unpaired) electrons. The predicted octanol–water partition coefficient (Wildman–Crippen LogP) is 0.464. The molecule has 9 nitrogen and oxygen atoms in total. The maximum Gasteiger partial charge on any atom is 0.269 e. The number of ether oxygens (including phenoxy) is 1. The topological polar surface area (TPSA) is 110 Å². The van der Waals surface area contributed by atoms with Crippen LogP contribution in [0.4, 0.5) is 5.69 Å². The smallest absolute Gasteiger partial charge is 0.269 e. The average Bonchev–Trinajstić information content (AvgIpc) is 2.59. The van der Waals surface area contributed by atoms with Gasteiger partial charge in [0.05, 0.1) is 22.8 Å². The highest BCUT2D eigenvalue weighted by Gasteiger charge is 2.30. The number of nitro benzene ring substituents is 1. The number of non-ortho nitro benzene ring substituents is 1. The van der Waals surface area contributed by atoms with Crippen LogP contribution < -0.4 is 0 Å². The summed E-state index contributed by atoms with van der Waals surface area (Å²) in [7, 11) is -2.21. The number of amides is 1. The SMILES string of the molecule is COCCC(=O)N1CCN(S(=O)(=O)c2ccc([N+](=O)[O-])cc2)CC1. The van der Waals surface area contributed by atoms with Gasteiger partial charge in [0.1, 0.15) is 0 Å². The van der Waals surface area contributed by atoms with Crippen LogP contribution in [0.25, 0.3) is 0 Å². The number of rotatable bonds is 6. The summed E-state index contributed by atoms with van der Waals surface area (Å²) in [6.07, 6.45) is 0.269. The number of nitro groups is 1. The minimum atomic E-state index is -3.72. The number of nitrogens with zero attached hydrogens (tertiary/aromatic N) is 3. The molecule has 0 bridgehead atoms. The third-order valence-electron chi connectivity index (χ3n) is 3.80. The summed E-state index contributed by atoms with van der Waals surface area (Å²) in [6, 6.07) is 4.78. The molecule has 24 heavy (non-hydrogen) atoms. The van der Waals surface area contributed by atoms with Gasteiger partial charge in [-0.25, -0.2) is 8.42 Å². The van der Waals surface area contributed by atoms with Gasteiger partial charge < -0.3 is 9.64 Å². The van der Waals surface area contributed by atoms with Crippen LogP contribution in [0, 0.1) is 10.1 Å². The number of carbonyl (C=O) groups is 1. The zero-order valence-electron chi connectivity index (χ0n) is 13.3. The Morgan fingerprint density at radius 2 is 1.79 bits per heavy atom. The van der Waals surface area contributed by atoms with Crippen LogP contribution in [0.2, 0.25) is 0 Å². The highest BCUT2D eigenvalue weighted by Crippen LogP contribution is 2.20. The Bertz CT molecular complexity index is 696. The minimum Gasteiger partial charge on any atom is -0.384 e. The van der Waals surface area contributed by atoms with E-state index in [1.807, 2.05) is 0 Å². The highest BCUT2D eigenvalue weighted by molar-refractivity contribution is 7.89. The van der Waals surface area contributed by atoms with Gasteiger partial charge in [-0.3, -0.25) is 14.9 Å². The summed E-state index contributed by atoms with van der Waals surface area (Å²) < 4.78 is 31.2. The summed E-state index contributed by atoms with van der Waals surface area (Å²) >= 11 is 0. The standard InChI is InChI=1S/C14H19N3O6S/c1-23-11-6-14(18)15-7-9-16(10-8-15)24(21,22)13-4-2-12(3-5-13)17(19)20/h2-5H,6-11H2,1H3. The molecule has 0 spiro atoms. The molecule has 2 rings (SSSR count). The molecule has 1 heterocycles. The maximum atomic E-state index is 12.5. The molecule has 0 aliphatic carbocycles. The number of sulfonamides is 1. The van der Waals surface area contributed by atoms with E-state index < -0.39 is 14.9 Å². The van der Waals surface area contributed by atoms with Crippen LogP contribution in [-0.2, 0) is 19.6 Å². The Morgan fingerprint density at radius 1 is 1.21 bits per heavy atom. The molecule has 132 valence electrons. The fourth-order valence-corrected chi connectivity index (χ4v) is 3.84. The van der Waals surface area contributed by atoms with Crippen molar-refractivity contribution in [3.8, 4) is 0 Å². The number of hydrogen-bond acceptors (Lipinski definition) is 6. The van der Waals surface area contributed by atoms with Crippen molar-refractivity contribution in [2.45, 2.75) is 11.3 Å². The van der Waals surface area contributed by atoms with Gasteiger partial charge in [0.15, 0.2) is 0 Å². The van der Waals surface area contributed by atoms with Gasteiger partial charge in [-0.2, -0.15) is 4.31 Å². The van der Waals surface area contributed by atoms with Crippen molar-refractivity contribution in [1.82, 2.24) is 9.21 Å². The van der Waals surface area contributed by atoms with Crippen LogP contribution in [0.15, 0.2) is 29.2 Å². The molecule has 1 aromatic rings. The second kappa shape index (κ2) is 7.69. The van der Waals surface area contributed by atoms with E-state index in [4.69, 9.17) is 4.74 Å². The van der Waals surface area contributed by atoms with E-state index in [-0.39, 0.29) is 36.0 Å². The lowest BCUT2D eigenvalue weighted by Gasteiger charge is -2.34. The second-order valence-corrected chi connectivity index (χ2v) is 7.22. The largest absolute Gasteiger partial charge is 0.384 e. The summed E-state index contributed by atoms with van der Waals surface area (Å²) in [4.78, 5) is 23.6. The fourth-order valence-electron chi connectivity index (χ4n) is 2.41. The molecule has 0 atom stereocenters. The number of piperazine rings is 1. The molecular formula is C14H19N3O6S. The molecule has 1 saturated heterocycles. The van der Waals surface area contributed by atoms with Gasteiger partial charge >= 0.3 is 0 Å². The maximum absolute atomic E-state index is 12.5. The Balaban J connectivity index is 2.02. The fraction of sp³-hybridized carbons (Fsp3) is 0.500. The lowest BCUT2D eigenvalue weighted by atomic mass is 10.3. The Morgan fingerprint density at radius 3 is 2.29 bits per heavy atom. The first-order valence-corrected chi connectivity index (χ1v) is 8.81. The third kappa shape index (κ3) is 4.08. The van der Waals surface area contributed by atoms with Crippen molar-refractivity contribution in [2.24, 2.45) is 0 Å².